The van der Waals surface area contributed by atoms with Crippen LogP contribution in [0.25, 0.3) is 22.2 Å². The summed E-state index contributed by atoms with van der Waals surface area (Å²) in [6.07, 6.45) is 0. The van der Waals surface area contributed by atoms with Crippen molar-refractivity contribution in [1.29, 1.82) is 0 Å². The fraction of sp³-hybridized carbons (Fsp3) is 0.0667. The molecule has 0 saturated carbocycles. The van der Waals surface area contributed by atoms with Crippen LogP contribution in [0.3, 0.4) is 0 Å². The van der Waals surface area contributed by atoms with E-state index in [-0.39, 0.29) is 0 Å². The fourth-order valence-electron chi connectivity index (χ4n) is 2.19. The van der Waals surface area contributed by atoms with Crippen LogP contribution in [0, 0.1) is 0 Å². The second kappa shape index (κ2) is 4.92. The Balaban J connectivity index is 1.97. The summed E-state index contributed by atoms with van der Waals surface area (Å²) in [5.41, 5.74) is 4.03. The van der Waals surface area contributed by atoms with Crippen molar-refractivity contribution < 1.29 is 9.68 Å². The van der Waals surface area contributed by atoms with Gasteiger partial charge in [0.25, 0.3) is 0 Å². The Morgan fingerprint density at radius 2 is 1.79 bits per heavy atom. The van der Waals surface area contributed by atoms with Gasteiger partial charge in [-0.2, -0.15) is 0 Å². The first-order chi connectivity index (χ1) is 9.28. The Morgan fingerprint density at radius 3 is 2.47 bits per heavy atom. The van der Waals surface area contributed by atoms with E-state index in [2.05, 4.69) is 23.2 Å². The average Bonchev–Trinajstić information content (AvgIpc) is 2.90. The highest BCUT2D eigenvalue weighted by atomic mass is 16.5. The predicted molar refractivity (Wildman–Crippen MR) is 78.4 cm³/mol. The number of aromatic nitrogens is 1. The Labute approximate surface area is 112 Å². The van der Waals surface area contributed by atoms with Crippen LogP contribution in [-0.2, 0) is 4.65 Å². The Hall–Kier alpha value is -2.04. The Morgan fingerprint density at radius 1 is 1.05 bits per heavy atom. The topological polar surface area (TPSA) is 45.2 Å². The molecule has 0 fully saturated rings. The number of aromatic amines is 1. The van der Waals surface area contributed by atoms with E-state index in [1.54, 1.807) is 0 Å². The highest BCUT2D eigenvalue weighted by molar-refractivity contribution is 6.59. The molecule has 0 spiro atoms. The van der Waals surface area contributed by atoms with Gasteiger partial charge in [0, 0.05) is 23.7 Å². The van der Waals surface area contributed by atoms with E-state index in [1.165, 1.54) is 12.5 Å². The Kier molecular flexibility index (Phi) is 3.11. The highest BCUT2D eigenvalue weighted by Gasteiger charge is 2.13. The van der Waals surface area contributed by atoms with Crippen LogP contribution in [-0.4, -0.2) is 24.2 Å². The fourth-order valence-corrected chi connectivity index (χ4v) is 2.19. The van der Waals surface area contributed by atoms with E-state index in [0.717, 1.165) is 22.2 Å². The van der Waals surface area contributed by atoms with Crippen LogP contribution in [0.15, 0.2) is 54.6 Å². The lowest BCUT2D eigenvalue weighted by Gasteiger charge is -2.04. The van der Waals surface area contributed by atoms with Crippen molar-refractivity contribution >= 4 is 23.5 Å². The molecule has 19 heavy (non-hydrogen) atoms. The molecule has 2 aromatic carbocycles. The molecule has 3 nitrogen and oxygen atoms in total. The third-order valence-corrected chi connectivity index (χ3v) is 3.26. The molecule has 3 aromatic rings. The van der Waals surface area contributed by atoms with Gasteiger partial charge in [-0.25, -0.2) is 0 Å². The first-order valence-electron chi connectivity index (χ1n) is 6.17. The van der Waals surface area contributed by atoms with Gasteiger partial charge in [-0.3, -0.25) is 0 Å². The molecule has 94 valence electrons. The number of fused-ring (bicyclic) bond motifs is 1. The maximum atomic E-state index is 9.58. The van der Waals surface area contributed by atoms with Gasteiger partial charge in [0.2, 0.25) is 0 Å². The van der Waals surface area contributed by atoms with E-state index in [4.69, 9.17) is 4.65 Å². The molecular weight excluding hydrogens is 237 g/mol. The van der Waals surface area contributed by atoms with Crippen molar-refractivity contribution in [1.82, 2.24) is 4.98 Å². The zero-order valence-corrected chi connectivity index (χ0v) is 10.6. The molecule has 1 heterocycles. The van der Waals surface area contributed by atoms with Gasteiger partial charge in [-0.1, -0.05) is 42.5 Å². The minimum atomic E-state index is -0.864. The number of nitrogens with one attached hydrogen (secondary N) is 1. The van der Waals surface area contributed by atoms with Gasteiger partial charge in [0.1, 0.15) is 0 Å². The lowest BCUT2D eigenvalue weighted by molar-refractivity contribution is 0.341. The van der Waals surface area contributed by atoms with Gasteiger partial charge in [-0.05, 0) is 23.2 Å². The standard InChI is InChI=1S/C15H14BNO2/c1-19-16(18)13-8-6-11(7-9-13)15-10-12-4-2-3-5-14(12)17-15/h2-10,17-18H,1H3. The predicted octanol–water partition coefficient (Wildman–Crippen LogP) is 2.17. The average molecular weight is 251 g/mol. The van der Waals surface area contributed by atoms with Crippen LogP contribution in [0.1, 0.15) is 0 Å². The SMILES string of the molecule is COB(O)c1ccc(-c2cc3ccccc3[nH]2)cc1. The number of para-hydroxylation sites is 1. The number of hydrogen-bond acceptors (Lipinski definition) is 2. The molecule has 1 aromatic heterocycles. The van der Waals surface area contributed by atoms with Crippen molar-refractivity contribution in [3.63, 3.8) is 0 Å². The van der Waals surface area contributed by atoms with Crippen LogP contribution in [0.5, 0.6) is 0 Å². The van der Waals surface area contributed by atoms with Crippen molar-refractivity contribution in [2.75, 3.05) is 7.11 Å². The van der Waals surface area contributed by atoms with Gasteiger partial charge in [-0.15, -0.1) is 0 Å². The largest absolute Gasteiger partial charge is 0.490 e. The summed E-state index contributed by atoms with van der Waals surface area (Å²) in [4.78, 5) is 3.38. The van der Waals surface area contributed by atoms with Gasteiger partial charge in [0.15, 0.2) is 0 Å². The molecule has 0 saturated heterocycles. The number of benzene rings is 2. The molecule has 0 radical (unpaired) electrons. The lowest BCUT2D eigenvalue weighted by Crippen LogP contribution is -2.31. The van der Waals surface area contributed by atoms with E-state index in [1.807, 2.05) is 36.4 Å². The Bertz CT molecular complexity index is 658. The van der Waals surface area contributed by atoms with Crippen LogP contribution < -0.4 is 5.46 Å². The zero-order chi connectivity index (χ0) is 13.2. The van der Waals surface area contributed by atoms with Crippen LogP contribution >= 0.6 is 0 Å². The van der Waals surface area contributed by atoms with Crippen molar-refractivity contribution in [2.45, 2.75) is 0 Å². The van der Waals surface area contributed by atoms with E-state index >= 15 is 0 Å². The number of H-pyrrole nitrogens is 1. The third-order valence-electron chi connectivity index (χ3n) is 3.26. The minimum Gasteiger partial charge on any atom is -0.423 e. The second-order valence-electron chi connectivity index (χ2n) is 4.48. The van der Waals surface area contributed by atoms with Crippen molar-refractivity contribution in [2.24, 2.45) is 0 Å². The molecule has 4 heteroatoms. The molecule has 0 unspecified atom stereocenters. The molecule has 0 amide bonds. The summed E-state index contributed by atoms with van der Waals surface area (Å²) in [6.45, 7) is 0. The summed E-state index contributed by atoms with van der Waals surface area (Å²) >= 11 is 0. The molecule has 0 aliphatic carbocycles. The van der Waals surface area contributed by atoms with E-state index in [0.29, 0.717) is 0 Å². The molecule has 3 rings (SSSR count). The molecule has 2 N–H and O–H groups in total. The third kappa shape index (κ3) is 2.28. The molecule has 0 aliphatic rings. The van der Waals surface area contributed by atoms with Crippen LogP contribution in [0.4, 0.5) is 0 Å². The first kappa shape index (κ1) is 12.0. The molecule has 0 aliphatic heterocycles. The van der Waals surface area contributed by atoms with Gasteiger partial charge in [0.05, 0.1) is 0 Å². The van der Waals surface area contributed by atoms with Gasteiger partial charge >= 0.3 is 7.12 Å². The van der Waals surface area contributed by atoms with Crippen molar-refractivity contribution in [3.8, 4) is 11.3 Å². The summed E-state index contributed by atoms with van der Waals surface area (Å²) in [5.74, 6) is 0. The van der Waals surface area contributed by atoms with Crippen LogP contribution in [0.2, 0.25) is 0 Å². The zero-order valence-electron chi connectivity index (χ0n) is 10.6. The monoisotopic (exact) mass is 251 g/mol. The molecule has 0 atom stereocenters. The van der Waals surface area contributed by atoms with Gasteiger partial charge < -0.3 is 14.7 Å². The number of rotatable bonds is 3. The maximum absolute atomic E-state index is 9.58. The number of hydrogen-bond donors (Lipinski definition) is 2. The lowest BCUT2D eigenvalue weighted by atomic mass is 9.79. The van der Waals surface area contributed by atoms with E-state index < -0.39 is 7.12 Å². The summed E-state index contributed by atoms with van der Waals surface area (Å²) < 4.78 is 4.88. The second-order valence-corrected chi connectivity index (χ2v) is 4.48. The maximum Gasteiger partial charge on any atom is 0.490 e. The smallest absolute Gasteiger partial charge is 0.423 e. The minimum absolute atomic E-state index is 0.752. The molecular formula is C15H14BNO2. The van der Waals surface area contributed by atoms with E-state index in [9.17, 15) is 5.02 Å². The van der Waals surface area contributed by atoms with Crippen molar-refractivity contribution in [3.05, 3.63) is 54.6 Å². The summed E-state index contributed by atoms with van der Waals surface area (Å²) in [5, 5.41) is 10.8. The summed E-state index contributed by atoms with van der Waals surface area (Å²) in [6, 6.07) is 18.0. The molecule has 0 bridgehead atoms. The highest BCUT2D eigenvalue weighted by Crippen LogP contribution is 2.23. The normalized spacial score (nSPS) is 10.8. The summed E-state index contributed by atoms with van der Waals surface area (Å²) in [7, 11) is 0.618. The quantitative estimate of drug-likeness (QED) is 0.700. The first-order valence-corrected chi connectivity index (χ1v) is 6.17.